The van der Waals surface area contributed by atoms with Crippen molar-refractivity contribution in [1.82, 2.24) is 8.75 Å². The quantitative estimate of drug-likeness (QED) is 0.467. The van der Waals surface area contributed by atoms with Gasteiger partial charge in [0.05, 0.1) is 17.3 Å². The molecule has 1 atom stereocenters. The number of hydrogen-bond acceptors (Lipinski definition) is 7. The molecule has 0 amide bonds. The summed E-state index contributed by atoms with van der Waals surface area (Å²) in [6, 6.07) is 22.5. The van der Waals surface area contributed by atoms with Crippen LogP contribution in [0.25, 0.3) is 16.6 Å². The number of hydrogen-bond donors (Lipinski definition) is 1. The van der Waals surface area contributed by atoms with Crippen LogP contribution >= 0.6 is 11.7 Å². The largest absolute Gasteiger partial charge is 0.421 e. The van der Waals surface area contributed by atoms with E-state index < -0.39 is 11.8 Å². The minimum absolute atomic E-state index is 0.355. The van der Waals surface area contributed by atoms with E-state index in [1.807, 2.05) is 79.7 Å². The number of fused-ring (bicyclic) bond motifs is 1. The molecular weight excluding hydrogens is 422 g/mol. The zero-order valence-corrected chi connectivity index (χ0v) is 18.5. The summed E-state index contributed by atoms with van der Waals surface area (Å²) < 4.78 is 14.2. The summed E-state index contributed by atoms with van der Waals surface area (Å²) in [4.78, 5) is 15.1. The van der Waals surface area contributed by atoms with E-state index in [2.05, 4.69) is 8.75 Å². The molecule has 0 radical (unpaired) electrons. The molecule has 32 heavy (non-hydrogen) atoms. The third-order valence-corrected chi connectivity index (χ3v) is 6.25. The molecule has 1 unspecified atom stereocenters. The molecule has 3 aromatic carbocycles. The normalized spacial score (nSPS) is 18.3. The molecule has 0 aliphatic carbocycles. The maximum atomic E-state index is 13.1. The first-order valence-corrected chi connectivity index (χ1v) is 10.9. The fourth-order valence-electron chi connectivity index (χ4n) is 3.99. The molecule has 0 saturated carbocycles. The topological polar surface area (TPSA) is 75.6 Å². The van der Waals surface area contributed by atoms with E-state index in [1.54, 1.807) is 12.1 Å². The third kappa shape index (κ3) is 3.45. The maximum Gasteiger partial charge on any atom is 0.342 e. The second kappa shape index (κ2) is 7.85. The SMILES string of the molecule is CN(C)c1ccc(CC2=C(c3ccc4nsnc4c3)C(=O)OC2(O)c2ccccc2)cc1. The van der Waals surface area contributed by atoms with Crippen LogP contribution in [-0.2, 0) is 21.7 Å². The van der Waals surface area contributed by atoms with Crippen LogP contribution in [0.5, 0.6) is 0 Å². The van der Waals surface area contributed by atoms with Gasteiger partial charge in [0.2, 0.25) is 0 Å². The molecule has 0 fully saturated rings. The highest BCUT2D eigenvalue weighted by Gasteiger charge is 2.48. The van der Waals surface area contributed by atoms with Crippen LogP contribution in [0, 0.1) is 0 Å². The van der Waals surface area contributed by atoms with Crippen LogP contribution in [0.2, 0.25) is 0 Å². The van der Waals surface area contributed by atoms with Crippen LogP contribution in [0.15, 0.2) is 78.4 Å². The average Bonchev–Trinajstić information content (AvgIpc) is 3.37. The van der Waals surface area contributed by atoms with Crippen molar-refractivity contribution in [2.75, 3.05) is 19.0 Å². The lowest BCUT2D eigenvalue weighted by atomic mass is 9.88. The monoisotopic (exact) mass is 443 g/mol. The van der Waals surface area contributed by atoms with Crippen LogP contribution in [-0.4, -0.2) is 33.9 Å². The summed E-state index contributed by atoms with van der Waals surface area (Å²) in [5.41, 5.74) is 5.55. The zero-order chi connectivity index (χ0) is 22.3. The Balaban J connectivity index is 1.67. The average molecular weight is 444 g/mol. The van der Waals surface area contributed by atoms with Gasteiger partial charge >= 0.3 is 5.97 Å². The highest BCUT2D eigenvalue weighted by Crippen LogP contribution is 2.44. The van der Waals surface area contributed by atoms with Gasteiger partial charge in [-0.25, -0.2) is 4.79 Å². The summed E-state index contributed by atoms with van der Waals surface area (Å²) in [6.45, 7) is 0. The fourth-order valence-corrected chi connectivity index (χ4v) is 4.51. The Morgan fingerprint density at radius 3 is 2.41 bits per heavy atom. The number of benzene rings is 3. The number of rotatable bonds is 5. The predicted molar refractivity (Wildman–Crippen MR) is 125 cm³/mol. The van der Waals surface area contributed by atoms with Gasteiger partial charge in [0.15, 0.2) is 0 Å². The van der Waals surface area contributed by atoms with Crippen molar-refractivity contribution in [2.24, 2.45) is 0 Å². The first-order valence-electron chi connectivity index (χ1n) is 10.2. The Morgan fingerprint density at radius 2 is 1.69 bits per heavy atom. The highest BCUT2D eigenvalue weighted by atomic mass is 32.1. The van der Waals surface area contributed by atoms with E-state index in [9.17, 15) is 9.90 Å². The van der Waals surface area contributed by atoms with E-state index in [0.29, 0.717) is 34.2 Å². The van der Waals surface area contributed by atoms with E-state index in [-0.39, 0.29) is 0 Å². The molecule has 1 aliphatic rings. The Labute approximate surface area is 189 Å². The maximum absolute atomic E-state index is 13.1. The molecule has 0 bridgehead atoms. The summed E-state index contributed by atoms with van der Waals surface area (Å²) in [5, 5.41) is 11.7. The first kappa shape index (κ1) is 20.4. The van der Waals surface area contributed by atoms with Crippen LogP contribution in [0.1, 0.15) is 16.7 Å². The van der Waals surface area contributed by atoms with Crippen LogP contribution < -0.4 is 4.90 Å². The van der Waals surface area contributed by atoms with Gasteiger partial charge in [-0.15, -0.1) is 0 Å². The van der Waals surface area contributed by atoms with Crippen molar-refractivity contribution in [1.29, 1.82) is 0 Å². The number of esters is 1. The predicted octanol–water partition coefficient (Wildman–Crippen LogP) is 4.16. The Kier molecular flexibility index (Phi) is 5.00. The molecule has 7 heteroatoms. The van der Waals surface area contributed by atoms with Crippen molar-refractivity contribution in [3.8, 4) is 0 Å². The summed E-state index contributed by atoms with van der Waals surface area (Å²) in [7, 11) is 3.97. The zero-order valence-electron chi connectivity index (χ0n) is 17.6. The van der Waals surface area contributed by atoms with Gasteiger partial charge in [0.25, 0.3) is 5.79 Å². The number of aliphatic hydroxyl groups is 1. The Hall–Kier alpha value is -3.55. The molecule has 1 aromatic heterocycles. The van der Waals surface area contributed by atoms with Crippen molar-refractivity contribution >= 4 is 40.0 Å². The number of cyclic esters (lactones) is 1. The van der Waals surface area contributed by atoms with Gasteiger partial charge in [-0.3, -0.25) is 0 Å². The van der Waals surface area contributed by atoms with Crippen molar-refractivity contribution in [3.63, 3.8) is 0 Å². The molecule has 160 valence electrons. The lowest BCUT2D eigenvalue weighted by molar-refractivity contribution is -0.185. The minimum Gasteiger partial charge on any atom is -0.421 e. The van der Waals surface area contributed by atoms with Gasteiger partial charge in [0.1, 0.15) is 11.0 Å². The van der Waals surface area contributed by atoms with E-state index in [4.69, 9.17) is 4.74 Å². The number of ether oxygens (including phenoxy) is 1. The second-order valence-corrected chi connectivity index (χ2v) is 8.49. The van der Waals surface area contributed by atoms with Crippen LogP contribution in [0.3, 0.4) is 0 Å². The van der Waals surface area contributed by atoms with Gasteiger partial charge in [-0.2, -0.15) is 8.75 Å². The highest BCUT2D eigenvalue weighted by molar-refractivity contribution is 7.00. The van der Waals surface area contributed by atoms with Crippen molar-refractivity contribution in [3.05, 3.63) is 95.1 Å². The molecule has 4 aromatic rings. The smallest absolute Gasteiger partial charge is 0.342 e. The molecule has 1 N–H and O–H groups in total. The number of carbonyl (C=O) groups excluding carboxylic acids is 1. The molecule has 2 heterocycles. The van der Waals surface area contributed by atoms with E-state index >= 15 is 0 Å². The molecule has 0 saturated heterocycles. The summed E-state index contributed by atoms with van der Waals surface area (Å²) in [5.74, 6) is -2.40. The van der Waals surface area contributed by atoms with E-state index in [0.717, 1.165) is 28.5 Å². The molecule has 0 spiro atoms. The number of nitrogens with zero attached hydrogens (tertiary/aromatic N) is 3. The first-order chi connectivity index (χ1) is 15.5. The fraction of sp³-hybridized carbons (Fsp3) is 0.160. The van der Waals surface area contributed by atoms with Crippen molar-refractivity contribution in [2.45, 2.75) is 12.2 Å². The van der Waals surface area contributed by atoms with Gasteiger partial charge in [0, 0.05) is 37.3 Å². The third-order valence-electron chi connectivity index (χ3n) is 5.70. The molecule has 1 aliphatic heterocycles. The van der Waals surface area contributed by atoms with Gasteiger partial charge < -0.3 is 14.7 Å². The number of aromatic nitrogens is 2. The molecule has 5 rings (SSSR count). The lowest BCUT2D eigenvalue weighted by Gasteiger charge is -2.25. The summed E-state index contributed by atoms with van der Waals surface area (Å²) >= 11 is 1.12. The summed E-state index contributed by atoms with van der Waals surface area (Å²) in [6.07, 6.45) is 0.355. The van der Waals surface area contributed by atoms with E-state index in [1.165, 1.54) is 0 Å². The number of carbonyl (C=O) groups is 1. The van der Waals surface area contributed by atoms with Gasteiger partial charge in [-0.05, 0) is 35.4 Å². The van der Waals surface area contributed by atoms with Crippen molar-refractivity contribution < 1.29 is 14.6 Å². The van der Waals surface area contributed by atoms with Gasteiger partial charge in [-0.1, -0.05) is 48.5 Å². The number of anilines is 1. The molecule has 6 nitrogen and oxygen atoms in total. The standard InChI is InChI=1S/C25H21N3O3S/c1-28(2)19-11-8-16(9-12-19)14-20-23(17-10-13-21-22(15-17)27-32-26-21)24(29)31-25(20,30)18-6-4-3-5-7-18/h3-13,15,30H,14H2,1-2H3. The molecular formula is C25H21N3O3S. The minimum atomic E-state index is -1.84. The Morgan fingerprint density at radius 1 is 0.969 bits per heavy atom. The lowest BCUT2D eigenvalue weighted by Crippen LogP contribution is -2.29. The Bertz CT molecular complexity index is 1330. The van der Waals surface area contributed by atoms with Crippen LogP contribution in [0.4, 0.5) is 5.69 Å². The second-order valence-electron chi connectivity index (χ2n) is 7.96.